The molecule has 158 valence electrons. The van der Waals surface area contributed by atoms with E-state index in [1.807, 2.05) is 0 Å². The Kier molecular flexibility index (Phi) is 6.97. The van der Waals surface area contributed by atoms with Crippen molar-refractivity contribution in [3.63, 3.8) is 0 Å². The molecule has 0 aliphatic heterocycles. The van der Waals surface area contributed by atoms with Crippen LogP contribution in [0.5, 0.6) is 0 Å². The van der Waals surface area contributed by atoms with Crippen LogP contribution in [0.25, 0.3) is 10.9 Å². The monoisotopic (exact) mass is 430 g/mol. The number of hydrogen-bond acceptors (Lipinski definition) is 6. The zero-order valence-electron chi connectivity index (χ0n) is 16.7. The van der Waals surface area contributed by atoms with Crippen LogP contribution in [0.1, 0.15) is 27.8 Å². The highest BCUT2D eigenvalue weighted by molar-refractivity contribution is 6.31. The molecule has 0 aliphatic rings. The molecule has 3 rings (SSSR count). The van der Waals surface area contributed by atoms with Crippen molar-refractivity contribution in [2.24, 2.45) is 0 Å². The normalized spacial score (nSPS) is 11.9. The predicted octanol–water partition coefficient (Wildman–Crippen LogP) is 3.73. The summed E-state index contributed by atoms with van der Waals surface area (Å²) in [5.41, 5.74) is 2.03. The topological polar surface area (TPSA) is 89.8 Å². The number of nitrogens with zero attached hydrogens (tertiary/aromatic N) is 1. The van der Waals surface area contributed by atoms with Gasteiger partial charge in [-0.2, -0.15) is 0 Å². The molecule has 0 spiro atoms. The number of methoxy groups -OCH3 is 1. The summed E-state index contributed by atoms with van der Waals surface area (Å²) in [7, 11) is 1.31. The van der Waals surface area contributed by atoms with Gasteiger partial charge in [0, 0.05) is 28.2 Å². The number of aliphatic hydroxyl groups is 1. The second kappa shape index (κ2) is 9.65. The highest BCUT2D eigenvalue weighted by Gasteiger charge is 2.19. The van der Waals surface area contributed by atoms with Crippen molar-refractivity contribution < 1.29 is 24.2 Å². The maximum Gasteiger partial charge on any atom is 0.354 e. The Labute approximate surface area is 179 Å². The Morgan fingerprint density at radius 3 is 2.67 bits per heavy atom. The van der Waals surface area contributed by atoms with E-state index in [0.29, 0.717) is 22.0 Å². The van der Waals surface area contributed by atoms with Crippen molar-refractivity contribution in [2.45, 2.75) is 19.6 Å². The van der Waals surface area contributed by atoms with Crippen molar-refractivity contribution >= 4 is 40.1 Å². The van der Waals surface area contributed by atoms with E-state index < -0.39 is 18.0 Å². The van der Waals surface area contributed by atoms with Crippen LogP contribution < -0.4 is 5.32 Å². The number of benzene rings is 2. The molecule has 1 atom stereocenters. The fraction of sp³-hybridized carbons (Fsp3) is 0.273. The zero-order chi connectivity index (χ0) is 21.7. The lowest BCUT2D eigenvalue weighted by atomic mass is 10.1. The molecule has 8 heteroatoms. The maximum absolute atomic E-state index is 12.4. The van der Waals surface area contributed by atoms with Crippen molar-refractivity contribution in [2.75, 3.05) is 25.6 Å². The molecule has 2 aromatic carbocycles. The van der Waals surface area contributed by atoms with Crippen molar-refractivity contribution in [1.29, 1.82) is 0 Å². The van der Waals surface area contributed by atoms with Gasteiger partial charge < -0.3 is 24.5 Å². The van der Waals surface area contributed by atoms with Gasteiger partial charge in [-0.05, 0) is 43.3 Å². The maximum atomic E-state index is 12.4. The molecule has 0 bridgehead atoms. The van der Waals surface area contributed by atoms with E-state index in [2.05, 4.69) is 5.32 Å². The quantitative estimate of drug-likeness (QED) is 0.529. The van der Waals surface area contributed by atoms with Gasteiger partial charge in [0.1, 0.15) is 5.69 Å². The fourth-order valence-corrected chi connectivity index (χ4v) is 3.42. The molecule has 1 unspecified atom stereocenters. The summed E-state index contributed by atoms with van der Waals surface area (Å²) in [4.78, 5) is 24.3. The van der Waals surface area contributed by atoms with Gasteiger partial charge in [-0.1, -0.05) is 23.7 Å². The molecule has 30 heavy (non-hydrogen) atoms. The first-order valence-electron chi connectivity index (χ1n) is 9.49. The number of fused-ring (bicyclic) bond motifs is 1. The molecule has 3 aromatic rings. The average molecular weight is 431 g/mol. The number of halogens is 1. The molecule has 0 saturated heterocycles. The summed E-state index contributed by atoms with van der Waals surface area (Å²) in [6, 6.07) is 13.9. The van der Waals surface area contributed by atoms with E-state index in [-0.39, 0.29) is 19.7 Å². The molecular weight excluding hydrogens is 408 g/mol. The van der Waals surface area contributed by atoms with Gasteiger partial charge in [0.25, 0.3) is 0 Å². The molecule has 1 aromatic heterocycles. The molecular formula is C22H23ClN2O5. The standard InChI is InChI=1S/C22H23ClN2O5/c1-3-30-22(28)20-11-14-10-15(23)8-9-19(14)25(20)13-16(26)12-24-18-7-5-4-6-17(18)21(27)29-2/h4-11,16,24,26H,3,12-13H2,1-2H3. The van der Waals surface area contributed by atoms with E-state index in [1.165, 1.54) is 7.11 Å². The third-order valence-corrected chi connectivity index (χ3v) is 4.84. The van der Waals surface area contributed by atoms with Gasteiger partial charge in [0.15, 0.2) is 0 Å². The van der Waals surface area contributed by atoms with Crippen molar-refractivity contribution in [3.05, 3.63) is 64.8 Å². The minimum absolute atomic E-state index is 0.146. The summed E-state index contributed by atoms with van der Waals surface area (Å²) in [6.07, 6.45) is -0.852. The van der Waals surface area contributed by atoms with Crippen molar-refractivity contribution in [3.8, 4) is 0 Å². The Balaban J connectivity index is 1.81. The molecule has 0 aliphatic carbocycles. The summed E-state index contributed by atoms with van der Waals surface area (Å²) >= 11 is 6.07. The first-order chi connectivity index (χ1) is 14.4. The number of para-hydroxylation sites is 1. The molecule has 1 heterocycles. The van der Waals surface area contributed by atoms with E-state index in [0.717, 1.165) is 10.9 Å². The third kappa shape index (κ3) is 4.75. The minimum atomic E-state index is -0.852. The second-order valence-electron chi connectivity index (χ2n) is 6.64. The summed E-state index contributed by atoms with van der Waals surface area (Å²) in [5.74, 6) is -0.938. The first-order valence-corrected chi connectivity index (χ1v) is 9.87. The van der Waals surface area contributed by atoms with Crippen LogP contribution >= 0.6 is 11.6 Å². The van der Waals surface area contributed by atoms with Crippen LogP contribution in [0.3, 0.4) is 0 Å². The van der Waals surface area contributed by atoms with Crippen LogP contribution in [0.4, 0.5) is 5.69 Å². The summed E-state index contributed by atoms with van der Waals surface area (Å²) in [5, 5.41) is 15.0. The SMILES string of the molecule is CCOC(=O)c1cc2cc(Cl)ccc2n1CC(O)CNc1ccccc1C(=O)OC. The highest BCUT2D eigenvalue weighted by atomic mass is 35.5. The van der Waals surface area contributed by atoms with Gasteiger partial charge in [-0.25, -0.2) is 9.59 Å². The zero-order valence-corrected chi connectivity index (χ0v) is 17.5. The van der Waals surface area contributed by atoms with Gasteiger partial charge in [-0.3, -0.25) is 0 Å². The molecule has 0 amide bonds. The Morgan fingerprint density at radius 2 is 1.93 bits per heavy atom. The summed E-state index contributed by atoms with van der Waals surface area (Å²) < 4.78 is 11.6. The van der Waals surface area contributed by atoms with Crippen molar-refractivity contribution in [1.82, 2.24) is 4.57 Å². The lowest BCUT2D eigenvalue weighted by Gasteiger charge is -2.17. The van der Waals surface area contributed by atoms with Crippen LogP contribution in [-0.4, -0.2) is 48.0 Å². The fourth-order valence-electron chi connectivity index (χ4n) is 3.24. The molecule has 0 radical (unpaired) electrons. The molecule has 0 saturated carbocycles. The minimum Gasteiger partial charge on any atom is -0.465 e. The molecule has 0 fully saturated rings. The number of aromatic nitrogens is 1. The number of carbonyl (C=O) groups is 2. The summed E-state index contributed by atoms with van der Waals surface area (Å²) in [6.45, 7) is 2.28. The average Bonchev–Trinajstić information content (AvgIpc) is 3.09. The second-order valence-corrected chi connectivity index (χ2v) is 7.07. The van der Waals surface area contributed by atoms with Crippen LogP contribution in [-0.2, 0) is 16.0 Å². The Hall–Kier alpha value is -3.03. The number of anilines is 1. The lowest BCUT2D eigenvalue weighted by molar-refractivity contribution is 0.0509. The van der Waals surface area contributed by atoms with Gasteiger partial charge in [0.2, 0.25) is 0 Å². The number of rotatable bonds is 8. The molecule has 2 N–H and O–H groups in total. The van der Waals surface area contributed by atoms with E-state index in [1.54, 1.807) is 60.0 Å². The first kappa shape index (κ1) is 21.7. The van der Waals surface area contributed by atoms with E-state index in [4.69, 9.17) is 21.1 Å². The Morgan fingerprint density at radius 1 is 1.17 bits per heavy atom. The van der Waals surface area contributed by atoms with Gasteiger partial charge >= 0.3 is 11.9 Å². The van der Waals surface area contributed by atoms with Gasteiger partial charge in [-0.15, -0.1) is 0 Å². The van der Waals surface area contributed by atoms with Gasteiger partial charge in [0.05, 0.1) is 31.9 Å². The number of aliphatic hydroxyl groups excluding tert-OH is 1. The largest absolute Gasteiger partial charge is 0.465 e. The lowest BCUT2D eigenvalue weighted by Crippen LogP contribution is -2.27. The molecule has 7 nitrogen and oxygen atoms in total. The number of esters is 2. The number of hydrogen-bond donors (Lipinski definition) is 2. The number of nitrogens with one attached hydrogen (secondary N) is 1. The number of ether oxygens (including phenoxy) is 2. The van der Waals surface area contributed by atoms with E-state index >= 15 is 0 Å². The van der Waals surface area contributed by atoms with Crippen LogP contribution in [0.2, 0.25) is 5.02 Å². The van der Waals surface area contributed by atoms with Crippen LogP contribution in [0, 0.1) is 0 Å². The highest BCUT2D eigenvalue weighted by Crippen LogP contribution is 2.25. The smallest absolute Gasteiger partial charge is 0.354 e. The number of carbonyl (C=O) groups excluding carboxylic acids is 2. The van der Waals surface area contributed by atoms with Crippen LogP contribution in [0.15, 0.2) is 48.5 Å². The predicted molar refractivity (Wildman–Crippen MR) is 115 cm³/mol. The third-order valence-electron chi connectivity index (χ3n) is 4.60. The van der Waals surface area contributed by atoms with E-state index in [9.17, 15) is 14.7 Å². The Bertz CT molecular complexity index is 1060.